The van der Waals surface area contributed by atoms with Crippen LogP contribution in [0.4, 0.5) is 0 Å². The van der Waals surface area contributed by atoms with E-state index in [0.717, 1.165) is 17.3 Å². The van der Waals surface area contributed by atoms with Gasteiger partial charge in [-0.1, -0.05) is 32.5 Å². The molecule has 1 fully saturated rings. The predicted molar refractivity (Wildman–Crippen MR) is 79.0 cm³/mol. The zero-order valence-corrected chi connectivity index (χ0v) is 12.9. The van der Waals surface area contributed by atoms with E-state index in [1.165, 1.54) is 0 Å². The van der Waals surface area contributed by atoms with Gasteiger partial charge in [0.05, 0.1) is 0 Å². The lowest BCUT2D eigenvalue weighted by Crippen LogP contribution is -2.41. The van der Waals surface area contributed by atoms with Crippen LogP contribution in [0.3, 0.4) is 0 Å². The van der Waals surface area contributed by atoms with E-state index in [9.17, 15) is 4.79 Å². The summed E-state index contributed by atoms with van der Waals surface area (Å²) in [7, 11) is 0. The maximum atomic E-state index is 11.8. The van der Waals surface area contributed by atoms with Crippen molar-refractivity contribution in [2.24, 2.45) is 10.9 Å². The average Bonchev–Trinajstić information content (AvgIpc) is 2.68. The van der Waals surface area contributed by atoms with Gasteiger partial charge in [0.25, 0.3) is 0 Å². The van der Waals surface area contributed by atoms with Gasteiger partial charge in [-0.2, -0.15) is 0 Å². The molecule has 1 aliphatic rings. The number of aliphatic imine (C=N–C) groups is 1. The molecular weight excluding hydrogens is 246 g/mol. The number of hydrogen-bond donors (Lipinski definition) is 2. The number of thioether (sulfide) groups is 1. The van der Waals surface area contributed by atoms with Crippen molar-refractivity contribution in [3.05, 3.63) is 0 Å². The molecule has 0 saturated carbocycles. The Morgan fingerprint density at radius 2 is 2.22 bits per heavy atom. The fraction of sp³-hybridized carbons (Fsp3) is 0.846. The number of hydrogen-bond acceptors (Lipinski definition) is 3. The molecule has 104 valence electrons. The molecule has 0 bridgehead atoms. The molecule has 0 aromatic carbocycles. The van der Waals surface area contributed by atoms with Gasteiger partial charge in [-0.15, -0.1) is 0 Å². The van der Waals surface area contributed by atoms with Gasteiger partial charge in [0.1, 0.15) is 6.04 Å². The molecule has 0 aliphatic carbocycles. The Hall–Kier alpha value is -0.710. The van der Waals surface area contributed by atoms with Crippen molar-refractivity contribution < 1.29 is 4.79 Å². The zero-order valence-electron chi connectivity index (χ0n) is 12.0. The van der Waals surface area contributed by atoms with E-state index in [2.05, 4.69) is 43.3 Å². The van der Waals surface area contributed by atoms with Gasteiger partial charge < -0.3 is 10.6 Å². The lowest BCUT2D eigenvalue weighted by molar-refractivity contribution is -0.122. The lowest BCUT2D eigenvalue weighted by atomic mass is 10.0. The summed E-state index contributed by atoms with van der Waals surface area (Å²) in [4.78, 5) is 16.3. The molecule has 1 heterocycles. The molecule has 4 nitrogen and oxygen atoms in total. The molecule has 2 unspecified atom stereocenters. The Morgan fingerprint density at radius 1 is 1.56 bits per heavy atom. The third-order valence-corrected chi connectivity index (χ3v) is 4.35. The summed E-state index contributed by atoms with van der Waals surface area (Å²) < 4.78 is 0. The first-order valence-corrected chi connectivity index (χ1v) is 7.61. The largest absolute Gasteiger partial charge is 0.359 e. The van der Waals surface area contributed by atoms with E-state index < -0.39 is 0 Å². The Morgan fingerprint density at radius 3 is 2.72 bits per heavy atom. The summed E-state index contributed by atoms with van der Waals surface area (Å²) in [5.74, 6) is 1.49. The van der Waals surface area contributed by atoms with Gasteiger partial charge in [0.2, 0.25) is 5.91 Å². The second-order valence-corrected chi connectivity index (χ2v) is 6.54. The fourth-order valence-electron chi connectivity index (χ4n) is 1.50. The molecule has 2 N–H and O–H groups in total. The highest BCUT2D eigenvalue weighted by Gasteiger charge is 2.31. The molecule has 0 spiro atoms. The van der Waals surface area contributed by atoms with Crippen molar-refractivity contribution in [2.75, 3.05) is 12.3 Å². The average molecular weight is 271 g/mol. The smallest absolute Gasteiger partial charge is 0.244 e. The van der Waals surface area contributed by atoms with Crippen molar-refractivity contribution in [3.63, 3.8) is 0 Å². The zero-order chi connectivity index (χ0) is 13.8. The third-order valence-electron chi connectivity index (χ3n) is 3.09. The summed E-state index contributed by atoms with van der Waals surface area (Å²) in [5, 5.41) is 7.20. The number of amidine groups is 1. The minimum Gasteiger partial charge on any atom is -0.359 e. The Kier molecular flexibility index (Phi) is 5.50. The Balaban J connectivity index is 2.49. The maximum absolute atomic E-state index is 11.8. The Labute approximate surface area is 114 Å². The standard InChI is InChI=1S/C13H25N3OS/c1-6-13(5)8-18-12(16-13)15-10(4)11(17)14-7-9(2)3/h9-10H,6-8H2,1-5H3,(H,14,17)(H,15,16). The van der Waals surface area contributed by atoms with Crippen LogP contribution in [0, 0.1) is 5.92 Å². The number of carbonyl (C=O) groups excluding carboxylic acids is 1. The van der Waals surface area contributed by atoms with E-state index in [1.807, 2.05) is 6.92 Å². The topological polar surface area (TPSA) is 53.5 Å². The van der Waals surface area contributed by atoms with E-state index in [1.54, 1.807) is 11.8 Å². The van der Waals surface area contributed by atoms with E-state index in [0.29, 0.717) is 12.5 Å². The number of nitrogens with zero attached hydrogens (tertiary/aromatic N) is 1. The summed E-state index contributed by atoms with van der Waals surface area (Å²) in [5.41, 5.74) is 0.123. The molecule has 1 amide bonds. The van der Waals surface area contributed by atoms with Gasteiger partial charge in [-0.3, -0.25) is 4.79 Å². The highest BCUT2D eigenvalue weighted by atomic mass is 32.2. The first-order chi connectivity index (χ1) is 8.36. The van der Waals surface area contributed by atoms with Crippen molar-refractivity contribution in [3.8, 4) is 0 Å². The Bertz CT molecular complexity index is 330. The predicted octanol–water partition coefficient (Wildman–Crippen LogP) is 2.01. The molecule has 0 radical (unpaired) electrons. The third kappa shape index (κ3) is 4.52. The van der Waals surface area contributed by atoms with Crippen LogP contribution in [0.25, 0.3) is 0 Å². The van der Waals surface area contributed by atoms with Gasteiger partial charge in [-0.25, -0.2) is 4.99 Å². The number of carbonyl (C=O) groups is 1. The normalized spacial score (nSPS) is 27.3. The highest BCUT2D eigenvalue weighted by molar-refractivity contribution is 8.14. The first kappa shape index (κ1) is 15.3. The van der Waals surface area contributed by atoms with Gasteiger partial charge in [0.15, 0.2) is 5.17 Å². The number of amides is 1. The van der Waals surface area contributed by atoms with E-state index in [4.69, 9.17) is 0 Å². The molecule has 0 aromatic rings. The molecular formula is C13H25N3OS. The summed E-state index contributed by atoms with van der Waals surface area (Å²) in [6.07, 6.45) is 1.06. The molecule has 1 saturated heterocycles. The monoisotopic (exact) mass is 271 g/mol. The summed E-state index contributed by atoms with van der Waals surface area (Å²) in [6, 6.07) is -0.321. The lowest BCUT2D eigenvalue weighted by Gasteiger charge is -2.21. The maximum Gasteiger partial charge on any atom is 0.244 e. The van der Waals surface area contributed by atoms with Crippen LogP contribution in [-0.4, -0.2) is 35.0 Å². The molecule has 1 rings (SSSR count). The highest BCUT2D eigenvalue weighted by Crippen LogP contribution is 2.25. The quantitative estimate of drug-likeness (QED) is 0.804. The fourth-order valence-corrected chi connectivity index (χ4v) is 2.79. The summed E-state index contributed by atoms with van der Waals surface area (Å²) >= 11 is 1.70. The molecule has 2 atom stereocenters. The number of rotatable bonds is 5. The SMILES string of the molecule is CCC1(C)CSC(=NC(C)C(=O)NCC(C)C)N1. The van der Waals surface area contributed by atoms with Gasteiger partial charge in [-0.05, 0) is 26.2 Å². The van der Waals surface area contributed by atoms with Crippen LogP contribution in [0.15, 0.2) is 4.99 Å². The van der Waals surface area contributed by atoms with Crippen molar-refractivity contribution in [1.82, 2.24) is 10.6 Å². The number of nitrogens with one attached hydrogen (secondary N) is 2. The van der Waals surface area contributed by atoms with Crippen LogP contribution in [-0.2, 0) is 4.79 Å². The van der Waals surface area contributed by atoms with Crippen LogP contribution in [0.2, 0.25) is 0 Å². The van der Waals surface area contributed by atoms with Crippen LogP contribution in [0.1, 0.15) is 41.0 Å². The van der Waals surface area contributed by atoms with Crippen molar-refractivity contribution >= 4 is 22.8 Å². The van der Waals surface area contributed by atoms with Crippen molar-refractivity contribution in [2.45, 2.75) is 52.6 Å². The van der Waals surface area contributed by atoms with Crippen LogP contribution < -0.4 is 10.6 Å². The van der Waals surface area contributed by atoms with Crippen LogP contribution in [0.5, 0.6) is 0 Å². The van der Waals surface area contributed by atoms with E-state index in [-0.39, 0.29) is 17.5 Å². The van der Waals surface area contributed by atoms with Gasteiger partial charge in [0, 0.05) is 17.8 Å². The first-order valence-electron chi connectivity index (χ1n) is 6.63. The minimum atomic E-state index is -0.321. The molecule has 1 aliphatic heterocycles. The molecule has 0 aromatic heterocycles. The summed E-state index contributed by atoms with van der Waals surface area (Å²) in [6.45, 7) is 11.1. The van der Waals surface area contributed by atoms with Crippen LogP contribution >= 0.6 is 11.8 Å². The van der Waals surface area contributed by atoms with Gasteiger partial charge >= 0.3 is 0 Å². The second kappa shape index (κ2) is 6.45. The molecule has 5 heteroatoms. The van der Waals surface area contributed by atoms with E-state index >= 15 is 0 Å². The van der Waals surface area contributed by atoms with Crippen molar-refractivity contribution in [1.29, 1.82) is 0 Å². The molecule has 18 heavy (non-hydrogen) atoms. The second-order valence-electron chi connectivity index (χ2n) is 5.58. The minimum absolute atomic E-state index is 0.00343.